The standard InChI is InChI=1S/C18H23N5O2/c1-2-14-3-5-15(6-4-14)20-17-21-16(13-19-22-17)23-9-7-18(8-10-23)24-11-12-25-18/h3-6,13H,2,7-12H2,1H3,(H,20,21,22). The van der Waals surface area contributed by atoms with E-state index in [1.807, 2.05) is 12.1 Å². The molecular weight excluding hydrogens is 318 g/mol. The molecule has 7 nitrogen and oxygen atoms in total. The van der Waals surface area contributed by atoms with Crippen molar-refractivity contribution in [3.8, 4) is 0 Å². The number of aryl methyl sites for hydroxylation is 1. The molecule has 2 saturated heterocycles. The van der Waals surface area contributed by atoms with Gasteiger partial charge >= 0.3 is 0 Å². The van der Waals surface area contributed by atoms with Crippen LogP contribution in [-0.2, 0) is 15.9 Å². The normalized spacial score (nSPS) is 19.3. The number of aromatic nitrogens is 3. The average Bonchev–Trinajstić information content (AvgIpc) is 3.11. The summed E-state index contributed by atoms with van der Waals surface area (Å²) in [6.07, 6.45) is 4.42. The molecule has 0 aliphatic carbocycles. The fourth-order valence-corrected chi connectivity index (χ4v) is 3.32. The molecule has 1 spiro atoms. The summed E-state index contributed by atoms with van der Waals surface area (Å²) >= 11 is 0. The van der Waals surface area contributed by atoms with Gasteiger partial charge in [-0.1, -0.05) is 19.1 Å². The zero-order chi connectivity index (χ0) is 17.1. The number of ether oxygens (including phenoxy) is 2. The summed E-state index contributed by atoms with van der Waals surface area (Å²) in [7, 11) is 0. The highest BCUT2D eigenvalue weighted by atomic mass is 16.7. The number of hydrogen-bond acceptors (Lipinski definition) is 7. The third kappa shape index (κ3) is 3.57. The van der Waals surface area contributed by atoms with Gasteiger partial charge in [-0.05, 0) is 24.1 Å². The minimum atomic E-state index is -0.376. The lowest BCUT2D eigenvalue weighted by Crippen LogP contribution is -2.45. The third-order valence-electron chi connectivity index (χ3n) is 4.83. The van der Waals surface area contributed by atoms with Gasteiger partial charge in [-0.25, -0.2) is 0 Å². The molecule has 0 atom stereocenters. The van der Waals surface area contributed by atoms with Gasteiger partial charge in [0, 0.05) is 31.6 Å². The fourth-order valence-electron chi connectivity index (χ4n) is 3.32. The maximum Gasteiger partial charge on any atom is 0.249 e. The molecule has 1 aromatic heterocycles. The van der Waals surface area contributed by atoms with E-state index in [4.69, 9.17) is 9.47 Å². The Balaban J connectivity index is 1.42. The maximum absolute atomic E-state index is 5.78. The van der Waals surface area contributed by atoms with Crippen LogP contribution in [0.2, 0.25) is 0 Å². The van der Waals surface area contributed by atoms with Crippen molar-refractivity contribution in [1.29, 1.82) is 0 Å². The van der Waals surface area contributed by atoms with Gasteiger partial charge in [-0.15, -0.1) is 5.10 Å². The van der Waals surface area contributed by atoms with Crippen molar-refractivity contribution in [2.24, 2.45) is 0 Å². The molecule has 132 valence electrons. The van der Waals surface area contributed by atoms with Crippen LogP contribution in [0, 0.1) is 0 Å². The van der Waals surface area contributed by atoms with Crippen LogP contribution in [0.4, 0.5) is 17.5 Å². The Bertz CT molecular complexity index is 706. The number of piperidine rings is 1. The summed E-state index contributed by atoms with van der Waals surface area (Å²) in [6, 6.07) is 8.28. The lowest BCUT2D eigenvalue weighted by molar-refractivity contribution is -0.169. The Morgan fingerprint density at radius 3 is 2.52 bits per heavy atom. The number of nitrogens with zero attached hydrogens (tertiary/aromatic N) is 4. The molecule has 3 heterocycles. The first-order valence-electron chi connectivity index (χ1n) is 8.85. The molecule has 1 N–H and O–H groups in total. The maximum atomic E-state index is 5.78. The van der Waals surface area contributed by atoms with Gasteiger partial charge in [0.1, 0.15) is 0 Å². The zero-order valence-corrected chi connectivity index (χ0v) is 14.4. The van der Waals surface area contributed by atoms with E-state index >= 15 is 0 Å². The van der Waals surface area contributed by atoms with Crippen molar-refractivity contribution in [3.63, 3.8) is 0 Å². The molecule has 0 radical (unpaired) electrons. The van der Waals surface area contributed by atoms with Gasteiger partial charge in [0.25, 0.3) is 0 Å². The topological polar surface area (TPSA) is 72.4 Å². The summed E-state index contributed by atoms with van der Waals surface area (Å²) in [5.41, 5.74) is 2.26. The number of rotatable bonds is 4. The summed E-state index contributed by atoms with van der Waals surface area (Å²) in [6.45, 7) is 5.20. The highest BCUT2D eigenvalue weighted by Gasteiger charge is 2.40. The van der Waals surface area contributed by atoms with Gasteiger partial charge in [0.2, 0.25) is 5.95 Å². The predicted molar refractivity (Wildman–Crippen MR) is 95.0 cm³/mol. The number of anilines is 3. The van der Waals surface area contributed by atoms with Gasteiger partial charge in [-0.2, -0.15) is 10.1 Å². The molecule has 4 rings (SSSR count). The number of benzene rings is 1. The Kier molecular flexibility index (Phi) is 4.50. The van der Waals surface area contributed by atoms with Crippen molar-refractivity contribution < 1.29 is 9.47 Å². The molecule has 0 bridgehead atoms. The predicted octanol–water partition coefficient (Wildman–Crippen LogP) is 2.52. The van der Waals surface area contributed by atoms with Gasteiger partial charge in [-0.3, -0.25) is 0 Å². The van der Waals surface area contributed by atoms with Gasteiger partial charge < -0.3 is 19.7 Å². The quantitative estimate of drug-likeness (QED) is 0.916. The lowest BCUT2D eigenvalue weighted by Gasteiger charge is -2.37. The number of nitrogens with one attached hydrogen (secondary N) is 1. The first kappa shape index (κ1) is 16.2. The van der Waals surface area contributed by atoms with Crippen molar-refractivity contribution >= 4 is 17.5 Å². The zero-order valence-electron chi connectivity index (χ0n) is 14.4. The minimum Gasteiger partial charge on any atom is -0.355 e. The Morgan fingerprint density at radius 2 is 1.84 bits per heavy atom. The van der Waals surface area contributed by atoms with E-state index in [1.54, 1.807) is 6.20 Å². The molecule has 0 unspecified atom stereocenters. The first-order valence-corrected chi connectivity index (χ1v) is 8.85. The summed E-state index contributed by atoms with van der Waals surface area (Å²) in [5, 5.41) is 11.4. The highest BCUT2D eigenvalue weighted by Crippen LogP contribution is 2.32. The molecule has 7 heteroatoms. The SMILES string of the molecule is CCc1ccc(Nc2nncc(N3CCC4(CC3)OCCO4)n2)cc1. The second-order valence-electron chi connectivity index (χ2n) is 6.41. The van der Waals surface area contributed by atoms with Crippen LogP contribution in [-0.4, -0.2) is 47.3 Å². The van der Waals surface area contributed by atoms with E-state index < -0.39 is 0 Å². The van der Waals surface area contributed by atoms with Crippen LogP contribution in [0.1, 0.15) is 25.3 Å². The molecule has 1 aromatic carbocycles. The molecule has 2 aliphatic rings. The van der Waals surface area contributed by atoms with Gasteiger partial charge in [0.15, 0.2) is 11.6 Å². The number of hydrogen-bond donors (Lipinski definition) is 1. The van der Waals surface area contributed by atoms with Crippen LogP contribution < -0.4 is 10.2 Å². The monoisotopic (exact) mass is 341 g/mol. The second-order valence-corrected chi connectivity index (χ2v) is 6.41. The fraction of sp³-hybridized carbons (Fsp3) is 0.500. The largest absolute Gasteiger partial charge is 0.355 e. The van der Waals surface area contributed by atoms with E-state index in [9.17, 15) is 0 Å². The summed E-state index contributed by atoms with van der Waals surface area (Å²) < 4.78 is 11.6. The van der Waals surface area contributed by atoms with Crippen LogP contribution in [0.15, 0.2) is 30.5 Å². The van der Waals surface area contributed by atoms with E-state index in [0.29, 0.717) is 19.2 Å². The summed E-state index contributed by atoms with van der Waals surface area (Å²) in [4.78, 5) is 6.81. The van der Waals surface area contributed by atoms with E-state index in [1.165, 1.54) is 5.56 Å². The van der Waals surface area contributed by atoms with Crippen LogP contribution in [0.5, 0.6) is 0 Å². The second kappa shape index (κ2) is 6.93. The molecule has 2 aliphatic heterocycles. The lowest BCUT2D eigenvalue weighted by atomic mass is 10.0. The van der Waals surface area contributed by atoms with Crippen LogP contribution >= 0.6 is 0 Å². The van der Waals surface area contributed by atoms with Crippen molar-refractivity contribution in [1.82, 2.24) is 15.2 Å². The molecule has 25 heavy (non-hydrogen) atoms. The third-order valence-corrected chi connectivity index (χ3v) is 4.83. The average molecular weight is 341 g/mol. The van der Waals surface area contributed by atoms with E-state index in [-0.39, 0.29) is 5.79 Å². The van der Waals surface area contributed by atoms with E-state index in [0.717, 1.165) is 43.9 Å². The molecule has 2 fully saturated rings. The van der Waals surface area contributed by atoms with Crippen molar-refractivity contribution in [2.45, 2.75) is 32.0 Å². The highest BCUT2D eigenvalue weighted by molar-refractivity contribution is 5.54. The van der Waals surface area contributed by atoms with E-state index in [2.05, 4.69) is 44.5 Å². The Labute approximate surface area is 147 Å². The molecular formula is C18H23N5O2. The summed E-state index contributed by atoms with van der Waals surface area (Å²) in [5.74, 6) is 0.963. The molecule has 0 saturated carbocycles. The minimum absolute atomic E-state index is 0.376. The smallest absolute Gasteiger partial charge is 0.249 e. The molecule has 0 amide bonds. The van der Waals surface area contributed by atoms with Crippen LogP contribution in [0.25, 0.3) is 0 Å². The van der Waals surface area contributed by atoms with Gasteiger partial charge in [0.05, 0.1) is 19.4 Å². The van der Waals surface area contributed by atoms with Crippen molar-refractivity contribution in [2.75, 3.05) is 36.5 Å². The van der Waals surface area contributed by atoms with Crippen molar-refractivity contribution in [3.05, 3.63) is 36.0 Å². The Morgan fingerprint density at radius 1 is 1.12 bits per heavy atom. The first-order chi connectivity index (χ1) is 12.3. The van der Waals surface area contributed by atoms with Crippen LogP contribution in [0.3, 0.4) is 0 Å². The molecule has 2 aromatic rings. The Hall–Kier alpha value is -2.25.